The van der Waals surface area contributed by atoms with E-state index in [1.807, 2.05) is 60.8 Å². The van der Waals surface area contributed by atoms with Crippen LogP contribution in [0.15, 0.2) is 96.8 Å². The smallest absolute Gasteiger partial charge is 0.0701 e. The Morgan fingerprint density at radius 3 is 2.45 bits per heavy atom. The summed E-state index contributed by atoms with van der Waals surface area (Å²) in [5.74, 6) is 0. The molecule has 0 spiro atoms. The second-order valence-corrected chi connectivity index (χ2v) is 7.92. The summed E-state index contributed by atoms with van der Waals surface area (Å²) in [5, 5.41) is 2.01. The largest absolute Gasteiger partial charge is 0.339 e. The number of hydrogen-bond acceptors (Lipinski definition) is 3. The van der Waals surface area contributed by atoms with Gasteiger partial charge < -0.3 is 10.6 Å². The van der Waals surface area contributed by atoms with Crippen LogP contribution in [0.25, 0.3) is 17.0 Å². The summed E-state index contributed by atoms with van der Waals surface area (Å²) in [7, 11) is 0. The lowest BCUT2D eigenvalue weighted by atomic mass is 9.97. The van der Waals surface area contributed by atoms with Crippen LogP contribution in [0.5, 0.6) is 0 Å². The minimum Gasteiger partial charge on any atom is -0.339 e. The molecule has 0 radical (unpaired) electrons. The maximum Gasteiger partial charge on any atom is 0.0701 e. The van der Waals surface area contributed by atoms with Crippen molar-refractivity contribution >= 4 is 34.3 Å². The van der Waals surface area contributed by atoms with Crippen molar-refractivity contribution in [2.24, 2.45) is 5.73 Å². The molecule has 5 rings (SSSR count). The van der Waals surface area contributed by atoms with Crippen molar-refractivity contribution in [1.29, 1.82) is 0 Å². The van der Waals surface area contributed by atoms with Gasteiger partial charge in [0.2, 0.25) is 0 Å². The molecule has 3 aromatic carbocycles. The van der Waals surface area contributed by atoms with Crippen LogP contribution in [0.2, 0.25) is 5.02 Å². The Hall–Kier alpha value is -3.14. The normalized spacial score (nSPS) is 13.6. The van der Waals surface area contributed by atoms with E-state index in [0.717, 1.165) is 40.5 Å². The standard InChI is InChI=1S/C18H19ClN2.C9H7N/c1-2-17(20)18-11-13-7-6-10-16(19)15(13)12-21(18)14-8-4-3-5-9-14;1-2-6-9-8(4-1)5-3-7-10-9/h3-11,17H,2,12,20H2,1H3;1-7H. The van der Waals surface area contributed by atoms with Gasteiger partial charge in [-0.3, -0.25) is 4.98 Å². The van der Waals surface area contributed by atoms with E-state index in [2.05, 4.69) is 53.2 Å². The molecule has 1 atom stereocenters. The second kappa shape index (κ2) is 9.78. The van der Waals surface area contributed by atoms with Gasteiger partial charge >= 0.3 is 0 Å². The van der Waals surface area contributed by atoms with Gasteiger partial charge in [0.15, 0.2) is 0 Å². The van der Waals surface area contributed by atoms with Gasteiger partial charge in [0.05, 0.1) is 5.52 Å². The van der Waals surface area contributed by atoms with Crippen molar-refractivity contribution in [3.05, 3.63) is 113 Å². The molecule has 1 aliphatic rings. The quantitative estimate of drug-likeness (QED) is 0.396. The summed E-state index contributed by atoms with van der Waals surface area (Å²) in [6, 6.07) is 28.5. The average molecular weight is 428 g/mol. The number of nitrogens with two attached hydrogens (primary N) is 1. The summed E-state index contributed by atoms with van der Waals surface area (Å²) in [6.45, 7) is 2.88. The van der Waals surface area contributed by atoms with Gasteiger partial charge in [-0.2, -0.15) is 0 Å². The molecule has 4 heteroatoms. The highest BCUT2D eigenvalue weighted by molar-refractivity contribution is 6.31. The zero-order valence-corrected chi connectivity index (χ0v) is 18.3. The number of nitrogens with zero attached hydrogens (tertiary/aromatic N) is 2. The summed E-state index contributed by atoms with van der Waals surface area (Å²) < 4.78 is 0. The zero-order valence-electron chi connectivity index (χ0n) is 17.6. The lowest BCUT2D eigenvalue weighted by Crippen LogP contribution is -2.36. The highest BCUT2D eigenvalue weighted by Crippen LogP contribution is 2.34. The molecule has 31 heavy (non-hydrogen) atoms. The summed E-state index contributed by atoms with van der Waals surface area (Å²) in [6.07, 6.45) is 4.89. The Morgan fingerprint density at radius 2 is 1.68 bits per heavy atom. The molecule has 0 saturated carbocycles. The third kappa shape index (κ3) is 4.79. The fraction of sp³-hybridized carbons (Fsp3) is 0.148. The second-order valence-electron chi connectivity index (χ2n) is 7.51. The molecule has 0 saturated heterocycles. The molecule has 156 valence electrons. The lowest BCUT2D eigenvalue weighted by molar-refractivity contribution is 0.693. The fourth-order valence-electron chi connectivity index (χ4n) is 3.74. The average Bonchev–Trinajstić information content (AvgIpc) is 2.84. The lowest BCUT2D eigenvalue weighted by Gasteiger charge is -2.35. The van der Waals surface area contributed by atoms with E-state index in [4.69, 9.17) is 17.3 Å². The summed E-state index contributed by atoms with van der Waals surface area (Å²) in [5.41, 5.74) is 12.0. The van der Waals surface area contributed by atoms with Gasteiger partial charge in [-0.25, -0.2) is 0 Å². The van der Waals surface area contributed by atoms with Gasteiger partial charge in [0, 0.05) is 40.6 Å². The van der Waals surface area contributed by atoms with E-state index in [1.54, 1.807) is 0 Å². The van der Waals surface area contributed by atoms with Crippen LogP contribution in [-0.4, -0.2) is 11.0 Å². The first-order valence-electron chi connectivity index (χ1n) is 10.5. The van der Waals surface area contributed by atoms with Crippen molar-refractivity contribution in [3.63, 3.8) is 0 Å². The number of fused-ring (bicyclic) bond motifs is 2. The molecule has 1 unspecified atom stereocenters. The van der Waals surface area contributed by atoms with E-state index < -0.39 is 0 Å². The number of anilines is 1. The highest BCUT2D eigenvalue weighted by Gasteiger charge is 2.24. The predicted octanol–water partition coefficient (Wildman–Crippen LogP) is 6.67. The number of halogens is 1. The first kappa shape index (κ1) is 21.1. The number of hydrogen-bond donors (Lipinski definition) is 1. The molecular weight excluding hydrogens is 402 g/mol. The molecule has 0 bridgehead atoms. The molecule has 0 amide bonds. The first-order valence-corrected chi connectivity index (χ1v) is 10.9. The number of pyridine rings is 1. The molecule has 3 nitrogen and oxygen atoms in total. The SMILES string of the molecule is CCC(N)C1=Cc2cccc(Cl)c2CN1c1ccccc1.c1ccc2ncccc2c1. The van der Waals surface area contributed by atoms with E-state index >= 15 is 0 Å². The van der Waals surface area contributed by atoms with Crippen LogP contribution >= 0.6 is 11.6 Å². The Kier molecular flexibility index (Phi) is 6.66. The predicted molar refractivity (Wildman–Crippen MR) is 132 cm³/mol. The minimum absolute atomic E-state index is 0.0253. The van der Waals surface area contributed by atoms with Gasteiger partial charge in [0.25, 0.3) is 0 Å². The van der Waals surface area contributed by atoms with Crippen molar-refractivity contribution in [1.82, 2.24) is 4.98 Å². The Balaban J connectivity index is 0.000000192. The topological polar surface area (TPSA) is 42.1 Å². The maximum absolute atomic E-state index is 6.37. The third-order valence-electron chi connectivity index (χ3n) is 5.49. The molecule has 2 N–H and O–H groups in total. The van der Waals surface area contributed by atoms with Gasteiger partial charge in [0.1, 0.15) is 0 Å². The number of rotatable bonds is 3. The van der Waals surface area contributed by atoms with Gasteiger partial charge in [-0.05, 0) is 54.0 Å². The van der Waals surface area contributed by atoms with Crippen LogP contribution < -0.4 is 10.6 Å². The van der Waals surface area contributed by atoms with E-state index in [-0.39, 0.29) is 6.04 Å². The van der Waals surface area contributed by atoms with E-state index in [1.165, 1.54) is 10.9 Å². The van der Waals surface area contributed by atoms with Crippen LogP contribution in [0.3, 0.4) is 0 Å². The third-order valence-corrected chi connectivity index (χ3v) is 5.84. The van der Waals surface area contributed by atoms with Gasteiger partial charge in [-0.15, -0.1) is 0 Å². The molecule has 4 aromatic rings. The summed E-state index contributed by atoms with van der Waals surface area (Å²) in [4.78, 5) is 6.45. The number of benzene rings is 3. The van der Waals surface area contributed by atoms with Crippen LogP contribution in [0.1, 0.15) is 24.5 Å². The Morgan fingerprint density at radius 1 is 0.935 bits per heavy atom. The molecule has 1 aromatic heterocycles. The van der Waals surface area contributed by atoms with Crippen molar-refractivity contribution < 1.29 is 0 Å². The van der Waals surface area contributed by atoms with Crippen molar-refractivity contribution in [2.45, 2.75) is 25.9 Å². The van der Waals surface area contributed by atoms with Crippen LogP contribution in [-0.2, 0) is 6.54 Å². The Labute approximate surface area is 188 Å². The number of aromatic nitrogens is 1. The molecular formula is C27H26ClN3. The highest BCUT2D eigenvalue weighted by atomic mass is 35.5. The van der Waals surface area contributed by atoms with E-state index in [9.17, 15) is 0 Å². The van der Waals surface area contributed by atoms with Gasteiger partial charge in [-0.1, -0.05) is 73.1 Å². The van der Waals surface area contributed by atoms with Crippen LogP contribution in [0, 0.1) is 0 Å². The molecule has 0 aliphatic carbocycles. The fourth-order valence-corrected chi connectivity index (χ4v) is 3.99. The number of para-hydroxylation sites is 2. The van der Waals surface area contributed by atoms with Crippen molar-refractivity contribution in [2.75, 3.05) is 4.90 Å². The molecule has 2 heterocycles. The zero-order chi connectivity index (χ0) is 21.6. The van der Waals surface area contributed by atoms with Crippen molar-refractivity contribution in [3.8, 4) is 0 Å². The maximum atomic E-state index is 6.37. The monoisotopic (exact) mass is 427 g/mol. The molecule has 1 aliphatic heterocycles. The minimum atomic E-state index is 0.0253. The first-order chi connectivity index (χ1) is 15.2. The Bertz CT molecular complexity index is 1120. The molecule has 0 fully saturated rings. The van der Waals surface area contributed by atoms with Crippen LogP contribution in [0.4, 0.5) is 5.69 Å². The summed E-state index contributed by atoms with van der Waals surface area (Å²) >= 11 is 6.37. The van der Waals surface area contributed by atoms with E-state index in [0.29, 0.717) is 0 Å².